The molecular weight excluding hydrogens is 520 g/mol. The molecule has 0 spiro atoms. The lowest BCUT2D eigenvalue weighted by Gasteiger charge is -2.42. The molecule has 6 rings (SSSR count). The number of nitrogens with zero attached hydrogens (tertiary/aromatic N) is 6. The summed E-state index contributed by atoms with van der Waals surface area (Å²) in [4.78, 5) is 39.5. The molecule has 11 nitrogen and oxygen atoms in total. The van der Waals surface area contributed by atoms with E-state index in [-0.39, 0.29) is 12.0 Å². The number of ether oxygens (including phenoxy) is 1. The third-order valence-corrected chi connectivity index (χ3v) is 7.85. The number of piperidine rings is 1. The molecular formula is C27H29ClN8O3. The van der Waals surface area contributed by atoms with Crippen molar-refractivity contribution in [1.82, 2.24) is 40.1 Å². The van der Waals surface area contributed by atoms with Gasteiger partial charge in [-0.1, -0.05) is 23.7 Å². The Kier molecular flexibility index (Phi) is 7.16. The number of imidazole rings is 1. The summed E-state index contributed by atoms with van der Waals surface area (Å²) in [7, 11) is 0. The van der Waals surface area contributed by atoms with E-state index in [1.807, 2.05) is 35.2 Å². The zero-order valence-corrected chi connectivity index (χ0v) is 22.0. The van der Waals surface area contributed by atoms with Crippen LogP contribution in [-0.2, 0) is 4.74 Å². The van der Waals surface area contributed by atoms with Crippen molar-refractivity contribution in [1.29, 1.82) is 0 Å². The van der Waals surface area contributed by atoms with Gasteiger partial charge in [0.05, 0.1) is 23.6 Å². The molecule has 2 aliphatic heterocycles. The molecule has 0 bridgehead atoms. The number of fused-ring (bicyclic) bond motifs is 1. The molecule has 4 heterocycles. The summed E-state index contributed by atoms with van der Waals surface area (Å²) in [5.74, 6) is 0.0554. The van der Waals surface area contributed by atoms with Crippen molar-refractivity contribution < 1.29 is 14.3 Å². The van der Waals surface area contributed by atoms with Crippen molar-refractivity contribution in [3.63, 3.8) is 0 Å². The maximum atomic E-state index is 13.1. The Balaban J connectivity index is 1.01. The first-order valence-electron chi connectivity index (χ1n) is 13.1. The molecule has 0 saturated carbocycles. The van der Waals surface area contributed by atoms with Gasteiger partial charge >= 0.3 is 6.09 Å². The van der Waals surface area contributed by atoms with E-state index in [0.29, 0.717) is 48.5 Å². The molecule has 1 atom stereocenters. The minimum atomic E-state index is -0.678. The number of H-pyrrole nitrogens is 2. The number of benzene rings is 2. The molecule has 4 aromatic rings. The van der Waals surface area contributed by atoms with Gasteiger partial charge in [-0.2, -0.15) is 15.4 Å². The normalized spacial score (nSPS) is 17.9. The van der Waals surface area contributed by atoms with E-state index in [2.05, 4.69) is 30.3 Å². The van der Waals surface area contributed by atoms with E-state index in [0.717, 1.165) is 42.5 Å². The molecule has 2 fully saturated rings. The topological polar surface area (TPSA) is 123 Å². The first kappa shape index (κ1) is 25.3. The van der Waals surface area contributed by atoms with Gasteiger partial charge in [-0.25, -0.2) is 9.78 Å². The van der Waals surface area contributed by atoms with Gasteiger partial charge in [-0.3, -0.25) is 9.69 Å². The molecule has 2 aliphatic rings. The molecule has 202 valence electrons. The number of halogens is 1. The number of aromatic nitrogens is 5. The van der Waals surface area contributed by atoms with Crippen molar-refractivity contribution in [2.75, 3.05) is 39.3 Å². The highest BCUT2D eigenvalue weighted by atomic mass is 35.5. The lowest BCUT2D eigenvalue weighted by Crippen LogP contribution is -2.54. The van der Waals surface area contributed by atoms with E-state index in [9.17, 15) is 9.59 Å². The smallest absolute Gasteiger partial charge is 0.410 e. The van der Waals surface area contributed by atoms with Gasteiger partial charge in [-0.15, -0.1) is 0 Å². The Hall–Kier alpha value is -3.96. The summed E-state index contributed by atoms with van der Waals surface area (Å²) in [6.45, 7) is 4.11. The number of amides is 2. The Labute approximate surface area is 230 Å². The van der Waals surface area contributed by atoms with Crippen LogP contribution in [0.15, 0.2) is 55.0 Å². The fraction of sp³-hybridized carbons (Fsp3) is 0.370. The summed E-state index contributed by atoms with van der Waals surface area (Å²) >= 11 is 6.04. The molecule has 1 unspecified atom stereocenters. The predicted octanol–water partition coefficient (Wildman–Crippen LogP) is 3.48. The second kappa shape index (κ2) is 11.0. The lowest BCUT2D eigenvalue weighted by molar-refractivity contribution is 0.0331. The van der Waals surface area contributed by atoms with Gasteiger partial charge in [0.2, 0.25) is 0 Å². The summed E-state index contributed by atoms with van der Waals surface area (Å²) in [5, 5.41) is 11.2. The van der Waals surface area contributed by atoms with E-state index < -0.39 is 6.10 Å². The molecule has 0 radical (unpaired) electrons. The number of likely N-dealkylation sites (tertiary alicyclic amines) is 1. The first-order chi connectivity index (χ1) is 19.0. The van der Waals surface area contributed by atoms with E-state index in [1.165, 1.54) is 0 Å². The quantitative estimate of drug-likeness (QED) is 0.391. The summed E-state index contributed by atoms with van der Waals surface area (Å²) in [6.07, 6.45) is 3.95. The first-order valence-corrected chi connectivity index (χ1v) is 13.5. The van der Waals surface area contributed by atoms with Crippen LogP contribution in [0.2, 0.25) is 5.02 Å². The number of nitrogens with one attached hydrogen (secondary N) is 2. The molecule has 2 saturated heterocycles. The van der Waals surface area contributed by atoms with Crippen molar-refractivity contribution in [3.05, 3.63) is 76.8 Å². The van der Waals surface area contributed by atoms with Crippen LogP contribution >= 0.6 is 11.6 Å². The number of hydrogen-bond donors (Lipinski definition) is 2. The number of rotatable bonds is 5. The highest BCUT2D eigenvalue weighted by molar-refractivity contribution is 6.30. The Morgan fingerprint density at radius 2 is 1.74 bits per heavy atom. The Morgan fingerprint density at radius 1 is 0.974 bits per heavy atom. The lowest BCUT2D eigenvalue weighted by atomic mass is 10.0. The van der Waals surface area contributed by atoms with Crippen molar-refractivity contribution in [3.8, 4) is 0 Å². The summed E-state index contributed by atoms with van der Waals surface area (Å²) in [5.41, 5.74) is 3.70. The van der Waals surface area contributed by atoms with Crippen molar-refractivity contribution >= 4 is 34.6 Å². The maximum absolute atomic E-state index is 13.1. The average Bonchev–Trinajstić information content (AvgIpc) is 3.68. The SMILES string of the molecule is O=C(OC(c1ccc(Cl)cc1)c1cn[nH]n1)N1CCN(C2CCN(C(=O)c3ccc4nc[nH]c4c3)CC2)CC1. The summed E-state index contributed by atoms with van der Waals surface area (Å²) in [6, 6.07) is 13.1. The molecule has 0 aliphatic carbocycles. The van der Waals surface area contributed by atoms with Crippen LogP contribution in [0.25, 0.3) is 11.0 Å². The minimum Gasteiger partial charge on any atom is -0.434 e. The number of aromatic amines is 2. The van der Waals surface area contributed by atoms with Crippen LogP contribution in [0.3, 0.4) is 0 Å². The van der Waals surface area contributed by atoms with Crippen LogP contribution in [0.5, 0.6) is 0 Å². The van der Waals surface area contributed by atoms with E-state index in [4.69, 9.17) is 16.3 Å². The number of carbonyl (C=O) groups excluding carboxylic acids is 2. The van der Waals surface area contributed by atoms with Crippen LogP contribution in [-0.4, -0.2) is 97.4 Å². The van der Waals surface area contributed by atoms with Gasteiger partial charge in [0.1, 0.15) is 5.69 Å². The second-order valence-corrected chi connectivity index (χ2v) is 10.3. The Morgan fingerprint density at radius 3 is 2.46 bits per heavy atom. The van der Waals surface area contributed by atoms with Gasteiger partial charge in [-0.05, 0) is 48.7 Å². The van der Waals surface area contributed by atoms with Gasteiger partial charge in [0.25, 0.3) is 5.91 Å². The third-order valence-electron chi connectivity index (χ3n) is 7.60. The largest absolute Gasteiger partial charge is 0.434 e. The van der Waals surface area contributed by atoms with Crippen molar-refractivity contribution in [2.45, 2.75) is 25.0 Å². The molecule has 2 aromatic carbocycles. The highest BCUT2D eigenvalue weighted by Crippen LogP contribution is 2.27. The average molecular weight is 549 g/mol. The zero-order valence-electron chi connectivity index (χ0n) is 21.3. The summed E-state index contributed by atoms with van der Waals surface area (Å²) < 4.78 is 5.90. The van der Waals surface area contributed by atoms with Crippen LogP contribution in [0.4, 0.5) is 4.79 Å². The van der Waals surface area contributed by atoms with Crippen LogP contribution < -0.4 is 0 Å². The van der Waals surface area contributed by atoms with Crippen LogP contribution in [0.1, 0.15) is 40.6 Å². The van der Waals surface area contributed by atoms with E-state index >= 15 is 0 Å². The maximum Gasteiger partial charge on any atom is 0.410 e. The zero-order chi connectivity index (χ0) is 26.8. The van der Waals surface area contributed by atoms with Gasteiger partial charge < -0.3 is 19.5 Å². The van der Waals surface area contributed by atoms with Crippen molar-refractivity contribution in [2.24, 2.45) is 0 Å². The van der Waals surface area contributed by atoms with Crippen LogP contribution in [0, 0.1) is 0 Å². The highest BCUT2D eigenvalue weighted by Gasteiger charge is 2.32. The predicted molar refractivity (Wildman–Crippen MR) is 144 cm³/mol. The number of carbonyl (C=O) groups is 2. The molecule has 2 aromatic heterocycles. The van der Waals surface area contributed by atoms with Gasteiger partial charge in [0.15, 0.2) is 6.10 Å². The fourth-order valence-corrected chi connectivity index (χ4v) is 5.53. The minimum absolute atomic E-state index is 0.0554. The van der Waals surface area contributed by atoms with Gasteiger partial charge in [0, 0.05) is 55.9 Å². The standard InChI is InChI=1S/C27H29ClN8O3/c28-20-4-1-18(2-5-20)25(24-16-31-33-32-24)39-27(38)36-13-11-34(12-14-36)21-7-9-35(10-8-21)26(37)19-3-6-22-23(15-19)30-17-29-22/h1-6,15-17,21,25H,7-14H2,(H,29,30)(H,31,32,33). The monoisotopic (exact) mass is 548 g/mol. The molecule has 2 N–H and O–H groups in total. The Bertz CT molecular complexity index is 1430. The van der Waals surface area contributed by atoms with E-state index in [1.54, 1.807) is 29.6 Å². The molecule has 39 heavy (non-hydrogen) atoms. The fourth-order valence-electron chi connectivity index (χ4n) is 5.40. The number of hydrogen-bond acceptors (Lipinski definition) is 7. The number of piperazine rings is 1. The second-order valence-electron chi connectivity index (χ2n) is 9.89. The third kappa shape index (κ3) is 5.45. The molecule has 2 amide bonds. The molecule has 12 heteroatoms.